The highest BCUT2D eigenvalue weighted by molar-refractivity contribution is 5.90. The van der Waals surface area contributed by atoms with Crippen LogP contribution in [0.15, 0.2) is 41.0 Å². The second-order valence-corrected chi connectivity index (χ2v) is 8.15. The molecule has 6 nitrogen and oxygen atoms in total. The first-order valence-electron chi connectivity index (χ1n) is 10.4. The van der Waals surface area contributed by atoms with Gasteiger partial charge in [-0.15, -0.1) is 0 Å². The number of aryl methyl sites for hydroxylation is 1. The van der Waals surface area contributed by atoms with Gasteiger partial charge in [-0.2, -0.15) is 0 Å². The third kappa shape index (κ3) is 5.00. The van der Waals surface area contributed by atoms with E-state index in [2.05, 4.69) is 45.5 Å². The average molecular weight is 383 g/mol. The molecule has 3 N–H and O–H groups in total. The van der Waals surface area contributed by atoms with Crippen LogP contribution in [0.2, 0.25) is 0 Å². The van der Waals surface area contributed by atoms with Crippen LogP contribution in [0.25, 0.3) is 0 Å². The Morgan fingerprint density at radius 1 is 1.25 bits per heavy atom. The average Bonchev–Trinajstić information content (AvgIpc) is 3.35. The normalized spacial score (nSPS) is 23.0. The number of hydrogen-bond donors (Lipinski definition) is 2. The molecule has 0 radical (unpaired) electrons. The van der Waals surface area contributed by atoms with E-state index < -0.39 is 5.91 Å². The second kappa shape index (κ2) is 8.88. The Bertz CT molecular complexity index is 768. The molecule has 4 rings (SSSR count). The summed E-state index contributed by atoms with van der Waals surface area (Å²) in [5.74, 6) is 1.57. The van der Waals surface area contributed by atoms with Gasteiger partial charge >= 0.3 is 0 Å². The molecule has 1 aliphatic heterocycles. The van der Waals surface area contributed by atoms with E-state index in [4.69, 9.17) is 10.2 Å². The third-order valence-corrected chi connectivity index (χ3v) is 6.06. The maximum Gasteiger partial charge on any atom is 0.270 e. The Balaban J connectivity index is 1.09. The van der Waals surface area contributed by atoms with E-state index in [1.165, 1.54) is 31.1 Å². The van der Waals surface area contributed by atoms with E-state index in [-0.39, 0.29) is 5.69 Å². The van der Waals surface area contributed by atoms with E-state index in [9.17, 15) is 4.79 Å². The molecule has 2 aliphatic rings. The van der Waals surface area contributed by atoms with Crippen molar-refractivity contribution in [1.29, 1.82) is 0 Å². The fourth-order valence-corrected chi connectivity index (χ4v) is 4.21. The smallest absolute Gasteiger partial charge is 0.270 e. The van der Waals surface area contributed by atoms with Gasteiger partial charge in [0.1, 0.15) is 6.26 Å². The van der Waals surface area contributed by atoms with E-state index in [0.29, 0.717) is 17.9 Å². The van der Waals surface area contributed by atoms with Crippen LogP contribution in [-0.2, 0) is 6.42 Å². The van der Waals surface area contributed by atoms with Gasteiger partial charge in [0.2, 0.25) is 0 Å². The maximum absolute atomic E-state index is 11.0. The number of carbonyl (C=O) groups is 1. The molecule has 6 heteroatoms. The summed E-state index contributed by atoms with van der Waals surface area (Å²) in [6, 6.07) is 11.5. The van der Waals surface area contributed by atoms with Crippen LogP contribution in [0.1, 0.15) is 53.5 Å². The van der Waals surface area contributed by atoms with Gasteiger partial charge < -0.3 is 20.4 Å². The molecule has 2 aromatic rings. The van der Waals surface area contributed by atoms with E-state index in [0.717, 1.165) is 44.9 Å². The van der Waals surface area contributed by atoms with Crippen LogP contribution in [0.3, 0.4) is 0 Å². The van der Waals surface area contributed by atoms with Gasteiger partial charge in [-0.1, -0.05) is 30.3 Å². The van der Waals surface area contributed by atoms with Crippen molar-refractivity contribution in [2.24, 2.45) is 11.7 Å². The molecule has 1 saturated carbocycles. The van der Waals surface area contributed by atoms with Crippen LogP contribution >= 0.6 is 0 Å². The lowest BCUT2D eigenvalue weighted by Gasteiger charge is -2.32. The van der Waals surface area contributed by atoms with Crippen molar-refractivity contribution in [2.45, 2.75) is 44.1 Å². The van der Waals surface area contributed by atoms with Gasteiger partial charge in [0.15, 0.2) is 11.6 Å². The number of carbonyl (C=O) groups excluding carboxylic acids is 1. The number of benzene rings is 1. The molecular formula is C22H30N4O2. The summed E-state index contributed by atoms with van der Waals surface area (Å²) < 4.78 is 5.29. The number of likely N-dealkylation sites (tertiary alicyclic amines) is 1. The zero-order valence-corrected chi connectivity index (χ0v) is 16.3. The van der Waals surface area contributed by atoms with E-state index in [1.807, 2.05) is 0 Å². The Kier molecular flexibility index (Phi) is 6.07. The Morgan fingerprint density at radius 2 is 2.04 bits per heavy atom. The fraction of sp³-hybridized carbons (Fsp3) is 0.545. The summed E-state index contributed by atoms with van der Waals surface area (Å²) in [5, 5.41) is 3.79. The molecule has 1 aromatic heterocycles. The predicted molar refractivity (Wildman–Crippen MR) is 108 cm³/mol. The molecule has 150 valence electrons. The molecule has 1 amide bonds. The van der Waals surface area contributed by atoms with Gasteiger partial charge in [0.25, 0.3) is 5.91 Å². The predicted octanol–water partition coefficient (Wildman–Crippen LogP) is 2.56. The molecule has 0 bridgehead atoms. The fourth-order valence-electron chi connectivity index (χ4n) is 4.21. The van der Waals surface area contributed by atoms with Crippen molar-refractivity contribution >= 4 is 5.91 Å². The number of oxazole rings is 1. The van der Waals surface area contributed by atoms with Crippen molar-refractivity contribution in [1.82, 2.24) is 15.2 Å². The molecule has 1 aliphatic carbocycles. The van der Waals surface area contributed by atoms with Gasteiger partial charge in [0.05, 0.1) is 0 Å². The SMILES string of the molecule is NC(=O)c1coc(CCCN2CCC(CNC3CC3c3ccccc3)CC2)n1. The molecule has 1 saturated heterocycles. The van der Waals surface area contributed by atoms with Gasteiger partial charge in [-0.05, 0) is 63.3 Å². The minimum atomic E-state index is -0.535. The van der Waals surface area contributed by atoms with E-state index >= 15 is 0 Å². The minimum absolute atomic E-state index is 0.216. The zero-order chi connectivity index (χ0) is 19.3. The molecular weight excluding hydrogens is 352 g/mol. The lowest BCUT2D eigenvalue weighted by Crippen LogP contribution is -2.38. The monoisotopic (exact) mass is 382 g/mol. The minimum Gasteiger partial charge on any atom is -0.448 e. The summed E-state index contributed by atoms with van der Waals surface area (Å²) in [5.41, 5.74) is 6.89. The Labute approximate surface area is 166 Å². The molecule has 28 heavy (non-hydrogen) atoms. The standard InChI is InChI=1S/C22H30N4O2/c23-22(27)20-15-28-21(25-20)7-4-10-26-11-8-16(9-12-26)14-24-19-13-18(19)17-5-2-1-3-6-17/h1-3,5-6,15-16,18-19,24H,4,7-14H2,(H2,23,27). The second-order valence-electron chi connectivity index (χ2n) is 8.15. The summed E-state index contributed by atoms with van der Waals surface area (Å²) in [6.07, 6.45) is 6.89. The highest BCUT2D eigenvalue weighted by Crippen LogP contribution is 2.40. The van der Waals surface area contributed by atoms with Crippen LogP contribution in [0.4, 0.5) is 0 Å². The zero-order valence-electron chi connectivity index (χ0n) is 16.3. The molecule has 2 heterocycles. The highest BCUT2D eigenvalue weighted by atomic mass is 16.3. The molecule has 2 atom stereocenters. The first-order valence-corrected chi connectivity index (χ1v) is 10.4. The number of hydrogen-bond acceptors (Lipinski definition) is 5. The van der Waals surface area contributed by atoms with Crippen LogP contribution in [0, 0.1) is 5.92 Å². The number of nitrogens with one attached hydrogen (secondary N) is 1. The van der Waals surface area contributed by atoms with Crippen molar-refractivity contribution < 1.29 is 9.21 Å². The number of rotatable bonds is 9. The summed E-state index contributed by atoms with van der Waals surface area (Å²) in [4.78, 5) is 17.7. The number of primary amides is 1. The van der Waals surface area contributed by atoms with Gasteiger partial charge in [-0.3, -0.25) is 4.79 Å². The first-order chi connectivity index (χ1) is 13.7. The maximum atomic E-state index is 11.0. The topological polar surface area (TPSA) is 84.4 Å². The summed E-state index contributed by atoms with van der Waals surface area (Å²) in [7, 11) is 0. The Morgan fingerprint density at radius 3 is 2.75 bits per heavy atom. The summed E-state index contributed by atoms with van der Waals surface area (Å²) in [6.45, 7) is 4.52. The van der Waals surface area contributed by atoms with Crippen LogP contribution < -0.4 is 11.1 Å². The van der Waals surface area contributed by atoms with Crippen molar-refractivity contribution in [3.63, 3.8) is 0 Å². The van der Waals surface area contributed by atoms with Crippen molar-refractivity contribution in [3.05, 3.63) is 53.7 Å². The molecule has 2 fully saturated rings. The largest absolute Gasteiger partial charge is 0.448 e. The number of piperidine rings is 1. The third-order valence-electron chi connectivity index (χ3n) is 6.06. The van der Waals surface area contributed by atoms with Gasteiger partial charge in [0, 0.05) is 18.4 Å². The highest BCUT2D eigenvalue weighted by Gasteiger charge is 2.38. The van der Waals surface area contributed by atoms with Crippen LogP contribution in [0.5, 0.6) is 0 Å². The lowest BCUT2D eigenvalue weighted by molar-refractivity contribution is 0.0995. The number of amides is 1. The molecule has 0 spiro atoms. The quantitative estimate of drug-likeness (QED) is 0.696. The number of nitrogens with zero attached hydrogens (tertiary/aromatic N) is 2. The van der Waals surface area contributed by atoms with E-state index in [1.54, 1.807) is 0 Å². The molecule has 2 unspecified atom stereocenters. The number of aromatic nitrogens is 1. The van der Waals surface area contributed by atoms with Crippen molar-refractivity contribution in [2.75, 3.05) is 26.2 Å². The lowest BCUT2D eigenvalue weighted by atomic mass is 9.96. The first kappa shape index (κ1) is 19.2. The Hall–Kier alpha value is -2.18. The molecule has 1 aromatic carbocycles. The van der Waals surface area contributed by atoms with Crippen molar-refractivity contribution in [3.8, 4) is 0 Å². The van der Waals surface area contributed by atoms with Gasteiger partial charge in [-0.25, -0.2) is 4.98 Å². The number of nitrogens with two attached hydrogens (primary N) is 1. The van der Waals surface area contributed by atoms with Crippen LogP contribution in [-0.4, -0.2) is 48.0 Å². The summed E-state index contributed by atoms with van der Waals surface area (Å²) >= 11 is 0.